The zero-order valence-electron chi connectivity index (χ0n) is 11.5. The number of aliphatic hydroxyl groups excluding tert-OH is 1. The van der Waals surface area contributed by atoms with E-state index in [1.807, 2.05) is 32.0 Å². The Labute approximate surface area is 117 Å². The molecule has 2 aromatic carbocycles. The monoisotopic (exact) mass is 277 g/mol. The lowest BCUT2D eigenvalue weighted by atomic mass is 10.1. The number of halogens is 2. The Hall–Kier alpha value is -1.94. The van der Waals surface area contributed by atoms with Crippen molar-refractivity contribution in [1.29, 1.82) is 0 Å². The fourth-order valence-corrected chi connectivity index (χ4v) is 2.17. The fourth-order valence-electron chi connectivity index (χ4n) is 2.17. The Bertz CT molecular complexity index is 593. The van der Waals surface area contributed by atoms with Crippen molar-refractivity contribution in [2.45, 2.75) is 20.0 Å². The van der Waals surface area contributed by atoms with Crippen molar-refractivity contribution in [3.05, 3.63) is 64.7 Å². The average Bonchev–Trinajstić information content (AvgIpc) is 2.38. The van der Waals surface area contributed by atoms with E-state index in [-0.39, 0.29) is 12.1 Å². The lowest BCUT2D eigenvalue weighted by Gasteiger charge is -2.15. The predicted molar refractivity (Wildman–Crippen MR) is 75.7 cm³/mol. The normalized spacial score (nSPS) is 12.2. The molecule has 2 nitrogen and oxygen atoms in total. The minimum Gasteiger partial charge on any atom is -0.386 e. The van der Waals surface area contributed by atoms with Gasteiger partial charge < -0.3 is 10.4 Å². The number of hydrogen-bond acceptors (Lipinski definition) is 2. The molecule has 0 saturated heterocycles. The summed E-state index contributed by atoms with van der Waals surface area (Å²) in [5.74, 6) is -1.17. The van der Waals surface area contributed by atoms with Gasteiger partial charge in [-0.1, -0.05) is 6.07 Å². The van der Waals surface area contributed by atoms with Crippen LogP contribution in [0.2, 0.25) is 0 Å². The second-order valence-electron chi connectivity index (χ2n) is 4.94. The molecule has 1 atom stereocenters. The van der Waals surface area contributed by atoms with Gasteiger partial charge in [-0.25, -0.2) is 8.78 Å². The van der Waals surface area contributed by atoms with Crippen molar-refractivity contribution in [2.24, 2.45) is 0 Å². The summed E-state index contributed by atoms with van der Waals surface area (Å²) in [6, 6.07) is 8.97. The molecule has 0 saturated carbocycles. The highest BCUT2D eigenvalue weighted by Crippen LogP contribution is 2.20. The molecular weight excluding hydrogens is 260 g/mol. The minimum absolute atomic E-state index is 0.0399. The largest absolute Gasteiger partial charge is 0.386 e. The van der Waals surface area contributed by atoms with Crippen LogP contribution in [0, 0.1) is 25.5 Å². The van der Waals surface area contributed by atoms with Crippen LogP contribution in [-0.4, -0.2) is 11.7 Å². The molecule has 0 fully saturated rings. The molecule has 0 aliphatic rings. The number of aliphatic hydroxyl groups is 1. The number of aryl methyl sites for hydroxylation is 2. The van der Waals surface area contributed by atoms with Gasteiger partial charge in [0, 0.05) is 17.8 Å². The maximum atomic E-state index is 13.5. The molecule has 0 bridgehead atoms. The van der Waals surface area contributed by atoms with E-state index >= 15 is 0 Å². The van der Waals surface area contributed by atoms with Crippen molar-refractivity contribution >= 4 is 5.69 Å². The van der Waals surface area contributed by atoms with Gasteiger partial charge in [-0.2, -0.15) is 0 Å². The van der Waals surface area contributed by atoms with Gasteiger partial charge in [-0.3, -0.25) is 0 Å². The number of anilines is 1. The molecule has 106 valence electrons. The molecule has 1 unspecified atom stereocenters. The summed E-state index contributed by atoms with van der Waals surface area (Å²) in [6.45, 7) is 4.06. The number of hydrogen-bond donors (Lipinski definition) is 2. The van der Waals surface area contributed by atoms with Crippen LogP contribution in [0.15, 0.2) is 36.4 Å². The molecule has 0 heterocycles. The maximum absolute atomic E-state index is 13.5. The van der Waals surface area contributed by atoms with Crippen molar-refractivity contribution in [2.75, 3.05) is 11.9 Å². The van der Waals surface area contributed by atoms with Gasteiger partial charge in [-0.15, -0.1) is 0 Å². The standard InChI is InChI=1S/C16H17F2NO/c1-10-5-11(2)7-13(6-10)19-9-16(20)14-8-12(17)3-4-15(14)18/h3-8,16,19-20H,9H2,1-2H3. The minimum atomic E-state index is -1.11. The Morgan fingerprint density at radius 3 is 2.35 bits per heavy atom. The molecule has 4 heteroatoms. The highest BCUT2D eigenvalue weighted by atomic mass is 19.1. The molecule has 0 aromatic heterocycles. The van der Waals surface area contributed by atoms with Crippen LogP contribution < -0.4 is 5.32 Å². The SMILES string of the molecule is Cc1cc(C)cc(NCC(O)c2cc(F)ccc2F)c1. The zero-order valence-corrected chi connectivity index (χ0v) is 11.5. The molecule has 20 heavy (non-hydrogen) atoms. The van der Waals surface area contributed by atoms with Crippen LogP contribution in [0.25, 0.3) is 0 Å². The maximum Gasteiger partial charge on any atom is 0.129 e. The van der Waals surface area contributed by atoms with Gasteiger partial charge in [-0.05, 0) is 55.3 Å². The molecule has 0 aliphatic carbocycles. The Morgan fingerprint density at radius 2 is 1.70 bits per heavy atom. The molecule has 2 rings (SSSR count). The molecule has 0 radical (unpaired) electrons. The molecule has 2 N–H and O–H groups in total. The molecule has 0 aliphatic heterocycles. The van der Waals surface area contributed by atoms with Crippen molar-refractivity contribution < 1.29 is 13.9 Å². The summed E-state index contributed by atoms with van der Waals surface area (Å²) in [6.07, 6.45) is -1.11. The van der Waals surface area contributed by atoms with E-state index in [4.69, 9.17) is 0 Å². The Morgan fingerprint density at radius 1 is 1.05 bits per heavy atom. The van der Waals surface area contributed by atoms with E-state index in [9.17, 15) is 13.9 Å². The van der Waals surface area contributed by atoms with Crippen LogP contribution in [0.1, 0.15) is 22.8 Å². The van der Waals surface area contributed by atoms with Crippen LogP contribution in [0.4, 0.5) is 14.5 Å². The van der Waals surface area contributed by atoms with E-state index in [1.165, 1.54) is 0 Å². The summed E-state index contributed by atoms with van der Waals surface area (Å²) in [5.41, 5.74) is 3.00. The second kappa shape index (κ2) is 6.01. The summed E-state index contributed by atoms with van der Waals surface area (Å²) >= 11 is 0. The Kier molecular flexibility index (Phi) is 4.35. The molecule has 0 spiro atoms. The lowest BCUT2D eigenvalue weighted by Crippen LogP contribution is -2.14. The van der Waals surface area contributed by atoms with E-state index in [1.54, 1.807) is 0 Å². The van der Waals surface area contributed by atoms with Crippen LogP contribution in [-0.2, 0) is 0 Å². The smallest absolute Gasteiger partial charge is 0.129 e. The van der Waals surface area contributed by atoms with Crippen LogP contribution in [0.3, 0.4) is 0 Å². The lowest BCUT2D eigenvalue weighted by molar-refractivity contribution is 0.186. The first-order valence-electron chi connectivity index (χ1n) is 6.41. The van der Waals surface area contributed by atoms with Crippen LogP contribution in [0.5, 0.6) is 0 Å². The van der Waals surface area contributed by atoms with Crippen molar-refractivity contribution in [1.82, 2.24) is 0 Å². The third-order valence-electron chi connectivity index (χ3n) is 3.04. The third kappa shape index (κ3) is 3.54. The number of rotatable bonds is 4. The number of nitrogens with one attached hydrogen (secondary N) is 1. The van der Waals surface area contributed by atoms with Gasteiger partial charge in [0.25, 0.3) is 0 Å². The molecule has 0 amide bonds. The summed E-state index contributed by atoms with van der Waals surface area (Å²) in [7, 11) is 0. The van der Waals surface area contributed by atoms with Gasteiger partial charge in [0.05, 0.1) is 6.10 Å². The van der Waals surface area contributed by atoms with Crippen molar-refractivity contribution in [3.63, 3.8) is 0 Å². The van der Waals surface area contributed by atoms with Crippen LogP contribution >= 0.6 is 0 Å². The number of benzene rings is 2. The summed E-state index contributed by atoms with van der Waals surface area (Å²) < 4.78 is 26.6. The van der Waals surface area contributed by atoms with E-state index in [2.05, 4.69) is 5.32 Å². The van der Waals surface area contributed by atoms with E-state index in [0.717, 1.165) is 35.0 Å². The van der Waals surface area contributed by atoms with E-state index < -0.39 is 17.7 Å². The zero-order chi connectivity index (χ0) is 14.7. The van der Waals surface area contributed by atoms with Gasteiger partial charge in [0.15, 0.2) is 0 Å². The highest BCUT2D eigenvalue weighted by molar-refractivity contribution is 5.48. The first-order valence-corrected chi connectivity index (χ1v) is 6.41. The topological polar surface area (TPSA) is 32.3 Å². The second-order valence-corrected chi connectivity index (χ2v) is 4.94. The Balaban J connectivity index is 2.08. The van der Waals surface area contributed by atoms with E-state index in [0.29, 0.717) is 0 Å². The molecule has 2 aromatic rings. The predicted octanol–water partition coefficient (Wildman–Crippen LogP) is 3.73. The van der Waals surface area contributed by atoms with Crippen molar-refractivity contribution in [3.8, 4) is 0 Å². The molecular formula is C16H17F2NO. The quantitative estimate of drug-likeness (QED) is 0.892. The fraction of sp³-hybridized carbons (Fsp3) is 0.250. The first-order chi connectivity index (χ1) is 9.45. The first kappa shape index (κ1) is 14.5. The van der Waals surface area contributed by atoms with Gasteiger partial charge >= 0.3 is 0 Å². The third-order valence-corrected chi connectivity index (χ3v) is 3.04. The summed E-state index contributed by atoms with van der Waals surface area (Å²) in [5, 5.41) is 13.0. The van der Waals surface area contributed by atoms with Gasteiger partial charge in [0.1, 0.15) is 11.6 Å². The highest BCUT2D eigenvalue weighted by Gasteiger charge is 2.13. The van der Waals surface area contributed by atoms with Gasteiger partial charge in [0.2, 0.25) is 0 Å². The summed E-state index contributed by atoms with van der Waals surface area (Å²) in [4.78, 5) is 0. The average molecular weight is 277 g/mol.